The third-order valence-electron chi connectivity index (χ3n) is 5.74. The summed E-state index contributed by atoms with van der Waals surface area (Å²) in [5.41, 5.74) is -0.169. The van der Waals surface area contributed by atoms with Crippen LogP contribution in [0.3, 0.4) is 0 Å². The Kier molecular flexibility index (Phi) is 8.72. The third kappa shape index (κ3) is 6.60. The lowest BCUT2D eigenvalue weighted by Crippen LogP contribution is -2.33. The van der Waals surface area contributed by atoms with Crippen molar-refractivity contribution >= 4 is 39.2 Å². The van der Waals surface area contributed by atoms with Crippen LogP contribution in [0.1, 0.15) is 11.1 Å². The van der Waals surface area contributed by atoms with Gasteiger partial charge in [-0.15, -0.1) is 0 Å². The monoisotopic (exact) mass is 560 g/mol. The number of amides is 2. The number of aliphatic imine (C=N–C) groups is 1. The Morgan fingerprint density at radius 3 is 2.36 bits per heavy atom. The Morgan fingerprint density at radius 2 is 1.77 bits per heavy atom. The Morgan fingerprint density at radius 1 is 1.10 bits per heavy atom. The van der Waals surface area contributed by atoms with E-state index in [0.717, 1.165) is 40.0 Å². The number of nitro groups is 2. The number of hydrogen-bond acceptors (Lipinski definition) is 9. The average Bonchev–Trinajstić information content (AvgIpc) is 3.39. The largest absolute Gasteiger partial charge is 0.465 e. The number of carboxylic acid groups (broad SMARTS) is 1. The van der Waals surface area contributed by atoms with Crippen molar-refractivity contribution in [1.82, 2.24) is 14.1 Å². The third-order valence-corrected chi connectivity index (χ3v) is 7.61. The van der Waals surface area contributed by atoms with E-state index in [-0.39, 0.29) is 19.6 Å². The van der Waals surface area contributed by atoms with Crippen molar-refractivity contribution in [2.24, 2.45) is 4.99 Å². The zero-order valence-electron chi connectivity index (χ0n) is 20.8. The van der Waals surface area contributed by atoms with Gasteiger partial charge in [-0.3, -0.25) is 34.9 Å². The van der Waals surface area contributed by atoms with Gasteiger partial charge in [0, 0.05) is 44.9 Å². The molecular weight excluding hydrogens is 536 g/mol. The van der Waals surface area contributed by atoms with Gasteiger partial charge < -0.3 is 10.0 Å². The van der Waals surface area contributed by atoms with Gasteiger partial charge in [0.1, 0.15) is 5.84 Å². The summed E-state index contributed by atoms with van der Waals surface area (Å²) in [7, 11) is -1.71. The minimum absolute atomic E-state index is 0.210. The predicted molar refractivity (Wildman–Crippen MR) is 138 cm³/mol. The highest BCUT2D eigenvalue weighted by atomic mass is 32.2. The van der Waals surface area contributed by atoms with Gasteiger partial charge >= 0.3 is 6.09 Å². The number of likely N-dealkylation sites (N-methyl/N-ethyl adjacent to an activating group) is 2. The van der Waals surface area contributed by atoms with E-state index in [0.29, 0.717) is 24.0 Å². The smallest absolute Gasteiger partial charge is 0.413 e. The molecule has 1 aliphatic rings. The number of nitro benzene ring substituents is 2. The second kappa shape index (κ2) is 11.8. The zero-order valence-corrected chi connectivity index (χ0v) is 21.6. The van der Waals surface area contributed by atoms with E-state index in [4.69, 9.17) is 0 Å². The first-order valence-corrected chi connectivity index (χ1v) is 12.7. The molecule has 2 amide bonds. The number of nitrogens with zero attached hydrogens (tertiary/aromatic N) is 6. The first-order chi connectivity index (χ1) is 18.3. The van der Waals surface area contributed by atoms with Crippen molar-refractivity contribution in [2.45, 2.75) is 11.4 Å². The molecule has 2 aromatic rings. The fraction of sp³-hybridized carbons (Fsp3) is 0.261. The van der Waals surface area contributed by atoms with Crippen LogP contribution in [-0.4, -0.2) is 89.0 Å². The van der Waals surface area contributed by atoms with Crippen LogP contribution in [-0.2, 0) is 21.4 Å². The summed E-state index contributed by atoms with van der Waals surface area (Å²) in [6.07, 6.45) is 1.34. The minimum atomic E-state index is -4.40. The highest BCUT2D eigenvalue weighted by Gasteiger charge is 2.31. The summed E-state index contributed by atoms with van der Waals surface area (Å²) in [6.45, 7) is 0.583. The van der Waals surface area contributed by atoms with E-state index < -0.39 is 48.1 Å². The maximum absolute atomic E-state index is 12.8. The predicted octanol–water partition coefficient (Wildman–Crippen LogP) is 2.08. The number of sulfonamides is 1. The Balaban J connectivity index is 1.62. The van der Waals surface area contributed by atoms with Gasteiger partial charge in [0.05, 0.1) is 29.0 Å². The number of benzene rings is 2. The Hall–Kier alpha value is -4.70. The molecule has 1 heterocycles. The second-order valence-corrected chi connectivity index (χ2v) is 10.4. The number of carbonyl (C=O) groups is 2. The summed E-state index contributed by atoms with van der Waals surface area (Å²) >= 11 is 0. The molecule has 0 radical (unpaired) electrons. The van der Waals surface area contributed by atoms with Crippen LogP contribution in [0, 0.1) is 20.2 Å². The normalized spacial score (nSPS) is 13.5. The first kappa shape index (κ1) is 28.9. The molecule has 0 bridgehead atoms. The highest BCUT2D eigenvalue weighted by molar-refractivity contribution is 7.89. The molecule has 0 fully saturated rings. The van der Waals surface area contributed by atoms with Gasteiger partial charge in [0.25, 0.3) is 11.4 Å². The second-order valence-electron chi connectivity index (χ2n) is 8.38. The van der Waals surface area contributed by atoms with Crippen molar-refractivity contribution < 1.29 is 33.0 Å². The molecule has 1 aliphatic heterocycles. The maximum Gasteiger partial charge on any atom is 0.413 e. The quantitative estimate of drug-likeness (QED) is 0.257. The lowest BCUT2D eigenvalue weighted by atomic mass is 10.1. The molecule has 39 heavy (non-hydrogen) atoms. The molecule has 0 spiro atoms. The van der Waals surface area contributed by atoms with Crippen LogP contribution in [0.5, 0.6) is 0 Å². The van der Waals surface area contributed by atoms with Crippen molar-refractivity contribution in [2.75, 3.05) is 33.7 Å². The van der Waals surface area contributed by atoms with Gasteiger partial charge in [-0.25, -0.2) is 13.2 Å². The summed E-state index contributed by atoms with van der Waals surface area (Å²) in [5, 5.41) is 31.5. The molecule has 3 rings (SSSR count). The van der Waals surface area contributed by atoms with Gasteiger partial charge in [0.2, 0.25) is 15.9 Å². The van der Waals surface area contributed by atoms with E-state index in [1.165, 1.54) is 18.0 Å². The Labute approximate surface area is 222 Å². The molecule has 206 valence electrons. The number of carbonyl (C=O) groups excluding carboxylic acids is 1. The molecule has 0 aromatic heterocycles. The van der Waals surface area contributed by atoms with Gasteiger partial charge in [-0.1, -0.05) is 30.3 Å². The van der Waals surface area contributed by atoms with Gasteiger partial charge in [-0.05, 0) is 11.6 Å². The lowest BCUT2D eigenvalue weighted by molar-refractivity contribution is -0.396. The van der Waals surface area contributed by atoms with Crippen LogP contribution in [0.4, 0.5) is 16.2 Å². The summed E-state index contributed by atoms with van der Waals surface area (Å²) in [4.78, 5) is 50.2. The molecule has 2 aromatic carbocycles. The first-order valence-electron chi connectivity index (χ1n) is 11.3. The zero-order chi connectivity index (χ0) is 28.9. The van der Waals surface area contributed by atoms with E-state index in [9.17, 15) is 43.3 Å². The fourth-order valence-electron chi connectivity index (χ4n) is 3.67. The van der Waals surface area contributed by atoms with Crippen LogP contribution >= 0.6 is 0 Å². The molecule has 0 saturated heterocycles. The van der Waals surface area contributed by atoms with Crippen molar-refractivity contribution in [1.29, 1.82) is 0 Å². The molecule has 0 atom stereocenters. The van der Waals surface area contributed by atoms with E-state index in [1.54, 1.807) is 24.3 Å². The minimum Gasteiger partial charge on any atom is -0.465 e. The SMILES string of the molecule is CN(Cc1ccc(C2=NCCN2C(=O)O)cc1)C(=O)/C=C/CN(C)S(=O)(=O)c1ccc([N+](=O)[O-])cc1[N+](=O)[O-]. The van der Waals surface area contributed by atoms with Crippen LogP contribution in [0.15, 0.2) is 64.5 Å². The van der Waals surface area contributed by atoms with Crippen LogP contribution in [0.2, 0.25) is 0 Å². The fourth-order valence-corrected chi connectivity index (χ4v) is 4.92. The molecular formula is C23H24N6O9S. The van der Waals surface area contributed by atoms with E-state index in [2.05, 4.69) is 4.99 Å². The summed E-state index contributed by atoms with van der Waals surface area (Å²) in [5.74, 6) is -0.0806. The standard InChI is InChI=1S/C23H24N6O9S/c1-25(15-16-5-7-17(8-6-16)22-24-11-13-27(22)23(31)32)21(30)4-3-12-26(2)39(37,38)20-10-9-18(28(33)34)14-19(20)29(35)36/h3-10,14H,11-13,15H2,1-2H3,(H,31,32)/b4-3+. The van der Waals surface area contributed by atoms with Crippen molar-refractivity contribution in [3.05, 3.63) is 86.0 Å². The molecule has 0 aliphatic carbocycles. The number of rotatable bonds is 10. The van der Waals surface area contributed by atoms with Gasteiger partial charge in [0.15, 0.2) is 4.90 Å². The van der Waals surface area contributed by atoms with Crippen molar-refractivity contribution in [3.8, 4) is 0 Å². The van der Waals surface area contributed by atoms with Crippen LogP contribution < -0.4 is 0 Å². The summed E-state index contributed by atoms with van der Waals surface area (Å²) < 4.78 is 26.5. The molecule has 16 heteroatoms. The molecule has 15 nitrogen and oxygen atoms in total. The van der Waals surface area contributed by atoms with Crippen LogP contribution in [0.25, 0.3) is 0 Å². The highest BCUT2D eigenvalue weighted by Crippen LogP contribution is 2.30. The number of amidine groups is 1. The molecule has 1 N–H and O–H groups in total. The molecule has 0 unspecified atom stereocenters. The van der Waals surface area contributed by atoms with E-state index in [1.807, 2.05) is 0 Å². The molecule has 0 saturated carbocycles. The number of non-ortho nitro benzene ring substituents is 1. The lowest BCUT2D eigenvalue weighted by Gasteiger charge is -2.17. The summed E-state index contributed by atoms with van der Waals surface area (Å²) in [6, 6.07) is 9.13. The average molecular weight is 561 g/mol. The Bertz CT molecular complexity index is 1470. The van der Waals surface area contributed by atoms with Gasteiger partial charge in [-0.2, -0.15) is 4.31 Å². The van der Waals surface area contributed by atoms with Crippen molar-refractivity contribution in [3.63, 3.8) is 0 Å². The van der Waals surface area contributed by atoms with E-state index >= 15 is 0 Å². The topological polar surface area (TPSA) is 197 Å². The number of hydrogen-bond donors (Lipinski definition) is 1. The maximum atomic E-state index is 12.8.